The van der Waals surface area contributed by atoms with Crippen molar-refractivity contribution < 1.29 is 14.0 Å². The number of aromatic nitrogens is 3. The van der Waals surface area contributed by atoms with Gasteiger partial charge in [-0.3, -0.25) is 4.79 Å². The van der Waals surface area contributed by atoms with E-state index in [9.17, 15) is 4.79 Å². The van der Waals surface area contributed by atoms with Crippen LogP contribution in [-0.2, 0) is 27.6 Å². The minimum atomic E-state index is -1.93. The van der Waals surface area contributed by atoms with E-state index in [1.807, 2.05) is 54.7 Å². The summed E-state index contributed by atoms with van der Waals surface area (Å²) in [5, 5.41) is 9.87. The molecule has 0 amide bonds. The highest BCUT2D eigenvalue weighted by Gasteiger charge is 2.43. The summed E-state index contributed by atoms with van der Waals surface area (Å²) in [5.74, 6) is -0.508. The summed E-state index contributed by atoms with van der Waals surface area (Å²) in [6, 6.07) is 10.7. The molecule has 0 bridgehead atoms. The molecule has 1 unspecified atom stereocenters. The summed E-state index contributed by atoms with van der Waals surface area (Å²) in [5.41, 5.74) is 4.58. The highest BCUT2D eigenvalue weighted by atomic mass is 28.4. The van der Waals surface area contributed by atoms with Crippen molar-refractivity contribution in [3.8, 4) is 0 Å². The van der Waals surface area contributed by atoms with Crippen LogP contribution in [0.3, 0.4) is 0 Å². The van der Waals surface area contributed by atoms with Crippen LogP contribution in [0.25, 0.3) is 11.0 Å². The van der Waals surface area contributed by atoms with E-state index >= 15 is 0 Å². The van der Waals surface area contributed by atoms with Gasteiger partial charge in [-0.25, -0.2) is 0 Å². The van der Waals surface area contributed by atoms with Crippen molar-refractivity contribution in [2.45, 2.75) is 105 Å². The Morgan fingerprint density at radius 2 is 1.61 bits per heavy atom. The molecule has 1 aromatic carbocycles. The molecule has 3 rings (SSSR count). The quantitative estimate of drug-likeness (QED) is 0.229. The van der Waals surface area contributed by atoms with Crippen LogP contribution in [0.2, 0.25) is 18.1 Å². The number of aryl methyl sites for hydroxylation is 3. The molecule has 208 valence electrons. The highest BCUT2D eigenvalue weighted by Crippen LogP contribution is 2.44. The number of rotatable bonds is 7. The van der Waals surface area contributed by atoms with Crippen molar-refractivity contribution in [3.05, 3.63) is 58.4 Å². The van der Waals surface area contributed by atoms with E-state index in [-0.39, 0.29) is 16.9 Å². The average molecular weight is 538 g/mol. The molecule has 1 atom stereocenters. The van der Waals surface area contributed by atoms with Gasteiger partial charge >= 0.3 is 5.97 Å². The minimum Gasteiger partial charge on any atom is -0.460 e. The lowest BCUT2D eigenvalue weighted by atomic mass is 9.72. The fraction of sp³-hybridized carbons (Fsp3) is 0.581. The second kappa shape index (κ2) is 10.2. The molecule has 0 saturated heterocycles. The molecule has 2 heterocycles. The summed E-state index contributed by atoms with van der Waals surface area (Å²) in [6.07, 6.45) is 0. The molecule has 2 aromatic heterocycles. The number of esters is 1. The Bertz CT molecular complexity index is 1330. The molecule has 0 radical (unpaired) electrons. The van der Waals surface area contributed by atoms with Gasteiger partial charge in [0.05, 0.1) is 17.7 Å². The predicted molar refractivity (Wildman–Crippen MR) is 158 cm³/mol. The van der Waals surface area contributed by atoms with Gasteiger partial charge in [0.25, 0.3) is 0 Å². The second-order valence-electron chi connectivity index (χ2n) is 13.8. The first-order valence-corrected chi connectivity index (χ1v) is 16.4. The number of carbonyl (C=O) groups excluding carboxylic acids is 1. The maximum atomic E-state index is 13.7. The van der Waals surface area contributed by atoms with Crippen LogP contribution in [0, 0.1) is 19.3 Å². The van der Waals surface area contributed by atoms with Crippen LogP contribution >= 0.6 is 0 Å². The summed E-state index contributed by atoms with van der Waals surface area (Å²) in [4.78, 5) is 13.7. The number of ether oxygens (including phenoxy) is 1. The monoisotopic (exact) mass is 537 g/mol. The molecule has 0 N–H and O–H groups in total. The molecule has 0 aliphatic heterocycles. The predicted octanol–water partition coefficient (Wildman–Crippen LogP) is 7.61. The zero-order valence-electron chi connectivity index (χ0n) is 25.7. The van der Waals surface area contributed by atoms with Gasteiger partial charge in [-0.05, 0) is 95.4 Å². The molecule has 0 aliphatic rings. The van der Waals surface area contributed by atoms with Crippen LogP contribution in [0.4, 0.5) is 0 Å². The minimum absolute atomic E-state index is 0.127. The van der Waals surface area contributed by atoms with Gasteiger partial charge in [-0.2, -0.15) is 5.10 Å². The van der Waals surface area contributed by atoms with Crippen LogP contribution in [0.1, 0.15) is 89.4 Å². The van der Waals surface area contributed by atoms with Crippen LogP contribution in [-0.4, -0.2) is 34.7 Å². The van der Waals surface area contributed by atoms with E-state index < -0.39 is 19.3 Å². The highest BCUT2D eigenvalue weighted by molar-refractivity contribution is 6.74. The lowest BCUT2D eigenvalue weighted by Crippen LogP contribution is -2.40. The number of hydrogen-bond donors (Lipinski definition) is 0. The van der Waals surface area contributed by atoms with E-state index in [0.717, 1.165) is 33.5 Å². The fourth-order valence-corrected chi connectivity index (χ4v) is 5.46. The first-order chi connectivity index (χ1) is 17.2. The van der Waals surface area contributed by atoms with E-state index in [0.29, 0.717) is 6.61 Å². The van der Waals surface area contributed by atoms with E-state index in [2.05, 4.69) is 79.8 Å². The lowest BCUT2D eigenvalue weighted by Gasteiger charge is -2.37. The van der Waals surface area contributed by atoms with Gasteiger partial charge in [0.15, 0.2) is 14.0 Å². The van der Waals surface area contributed by atoms with E-state index in [1.54, 1.807) is 0 Å². The largest absolute Gasteiger partial charge is 0.460 e. The Morgan fingerprint density at radius 1 is 0.974 bits per heavy atom. The third-order valence-corrected chi connectivity index (χ3v) is 12.5. The van der Waals surface area contributed by atoms with Crippen molar-refractivity contribution >= 4 is 25.3 Å². The lowest BCUT2D eigenvalue weighted by molar-refractivity contribution is -0.166. The van der Waals surface area contributed by atoms with Crippen LogP contribution in [0.15, 0.2) is 30.3 Å². The summed E-state index contributed by atoms with van der Waals surface area (Å²) in [7, 11) is 0.0651. The Hall–Kier alpha value is -2.51. The summed E-state index contributed by atoms with van der Waals surface area (Å²) in [6.45, 7) is 25.6. The molecule has 0 spiro atoms. The van der Waals surface area contributed by atoms with Gasteiger partial charge in [-0.1, -0.05) is 39.0 Å². The molecular weight excluding hydrogens is 490 g/mol. The van der Waals surface area contributed by atoms with Crippen molar-refractivity contribution in [3.63, 3.8) is 0 Å². The zero-order valence-corrected chi connectivity index (χ0v) is 26.7. The molecule has 6 nitrogen and oxygen atoms in total. The first-order valence-electron chi connectivity index (χ1n) is 13.5. The zero-order chi connectivity index (χ0) is 28.8. The molecule has 0 fully saturated rings. The number of hydrogen-bond acceptors (Lipinski definition) is 5. The van der Waals surface area contributed by atoms with Gasteiger partial charge < -0.3 is 13.7 Å². The average Bonchev–Trinajstić information content (AvgIpc) is 3.07. The smallest absolute Gasteiger partial charge is 0.313 e. The number of carbonyl (C=O) groups is 1. The maximum Gasteiger partial charge on any atom is 0.313 e. The standard InChI is InChI=1S/C31H47N3O3Si/c1-20-14-15-22(17-24(20)19-36-38(12,13)30(6,7)8)26(31(9,10)28(35)37-29(3,4)5)25-18-23-16-21(2)32-33-27(23)34(25)11/h14-18,26H,19H2,1-13H3. The van der Waals surface area contributed by atoms with Crippen molar-refractivity contribution in [2.75, 3.05) is 0 Å². The van der Waals surface area contributed by atoms with E-state index in [4.69, 9.17) is 9.16 Å². The Balaban J connectivity index is 2.17. The van der Waals surface area contributed by atoms with E-state index in [1.165, 1.54) is 5.56 Å². The summed E-state index contributed by atoms with van der Waals surface area (Å²) >= 11 is 0. The molecular formula is C31H47N3O3Si. The van der Waals surface area contributed by atoms with Gasteiger partial charge in [0.1, 0.15) is 5.60 Å². The molecule has 3 aromatic rings. The van der Waals surface area contributed by atoms with Gasteiger partial charge in [-0.15, -0.1) is 5.10 Å². The molecule has 38 heavy (non-hydrogen) atoms. The van der Waals surface area contributed by atoms with Gasteiger partial charge in [0, 0.05) is 24.0 Å². The Morgan fingerprint density at radius 3 is 2.18 bits per heavy atom. The maximum absolute atomic E-state index is 13.7. The van der Waals surface area contributed by atoms with Crippen molar-refractivity contribution in [1.82, 2.24) is 14.8 Å². The van der Waals surface area contributed by atoms with Gasteiger partial charge in [0.2, 0.25) is 0 Å². The normalized spacial score (nSPS) is 14.1. The SMILES string of the molecule is Cc1cc2cc(C(c3ccc(C)c(CO[Si](C)(C)C(C)(C)C)c3)C(C)(C)C(=O)OC(C)(C)C)n(C)c2nn1. The Labute approximate surface area is 230 Å². The number of nitrogens with zero attached hydrogens (tertiary/aromatic N) is 3. The van der Waals surface area contributed by atoms with Crippen molar-refractivity contribution in [2.24, 2.45) is 12.5 Å². The van der Waals surface area contributed by atoms with Crippen LogP contribution < -0.4 is 0 Å². The molecule has 0 aliphatic carbocycles. The number of benzene rings is 1. The Kier molecular flexibility index (Phi) is 8.08. The number of fused-ring (bicyclic) bond motifs is 1. The third-order valence-electron chi connectivity index (χ3n) is 7.98. The second-order valence-corrected chi connectivity index (χ2v) is 18.6. The summed E-state index contributed by atoms with van der Waals surface area (Å²) < 4.78 is 14.6. The third kappa shape index (κ3) is 6.20. The fourth-order valence-electron chi connectivity index (χ4n) is 4.51. The molecule has 7 heteroatoms. The van der Waals surface area contributed by atoms with Crippen molar-refractivity contribution in [1.29, 1.82) is 0 Å². The molecule has 0 saturated carbocycles. The first kappa shape index (κ1) is 30.0. The topological polar surface area (TPSA) is 66.2 Å². The van der Waals surface area contributed by atoms with Crippen LogP contribution in [0.5, 0.6) is 0 Å².